The van der Waals surface area contributed by atoms with Gasteiger partial charge in [-0.3, -0.25) is 4.99 Å². The molecule has 1 aromatic rings. The molecule has 0 bridgehead atoms. The van der Waals surface area contributed by atoms with Crippen molar-refractivity contribution in [2.75, 3.05) is 33.4 Å². The first-order chi connectivity index (χ1) is 11.6. The maximum atomic E-state index is 13.5. The number of sulfone groups is 1. The monoisotopic (exact) mass is 500 g/mol. The number of nitrogens with zero attached hydrogens (tertiary/aromatic N) is 2. The Bertz CT molecular complexity index is 696. The Kier molecular flexibility index (Phi) is 11.3. The average molecular weight is 500 g/mol. The van der Waals surface area contributed by atoms with Gasteiger partial charge in [-0.25, -0.2) is 12.8 Å². The molecule has 0 spiro atoms. The first kappa shape index (κ1) is 25.1. The highest BCUT2D eigenvalue weighted by Gasteiger charge is 2.11. The van der Waals surface area contributed by atoms with Gasteiger partial charge in [0.25, 0.3) is 0 Å². The quantitative estimate of drug-likeness (QED) is 0.325. The molecule has 0 fully saturated rings. The van der Waals surface area contributed by atoms with Crippen molar-refractivity contribution in [3.63, 3.8) is 0 Å². The van der Waals surface area contributed by atoms with Crippen molar-refractivity contribution in [1.82, 2.24) is 15.5 Å². The Hall–Kier alpha value is -0.940. The third-order valence-corrected chi connectivity index (χ3v) is 4.73. The number of hydrogen-bond acceptors (Lipinski definition) is 4. The minimum atomic E-state index is -3.19. The molecule has 1 aromatic carbocycles. The van der Waals surface area contributed by atoms with Crippen molar-refractivity contribution in [3.8, 4) is 0 Å². The van der Waals surface area contributed by atoms with Gasteiger partial charge < -0.3 is 15.5 Å². The molecule has 0 saturated heterocycles. The zero-order valence-electron chi connectivity index (χ0n) is 16.0. The third kappa shape index (κ3) is 9.67. The zero-order valence-corrected chi connectivity index (χ0v) is 19.2. The van der Waals surface area contributed by atoms with Crippen LogP contribution in [0.4, 0.5) is 4.39 Å². The van der Waals surface area contributed by atoms with Crippen molar-refractivity contribution < 1.29 is 12.8 Å². The largest absolute Gasteiger partial charge is 0.355 e. The van der Waals surface area contributed by atoms with Crippen LogP contribution in [0.3, 0.4) is 0 Å². The number of aliphatic imine (C=N–C) groups is 1. The Morgan fingerprint density at radius 3 is 2.46 bits per heavy atom. The van der Waals surface area contributed by atoms with Gasteiger partial charge in [-0.05, 0) is 44.2 Å². The lowest BCUT2D eigenvalue weighted by molar-refractivity contribution is 0.278. The van der Waals surface area contributed by atoms with Crippen LogP contribution in [-0.4, -0.2) is 58.8 Å². The van der Waals surface area contributed by atoms with E-state index in [1.807, 2.05) is 7.05 Å². The highest BCUT2D eigenvalue weighted by Crippen LogP contribution is 2.14. The number of halogens is 2. The summed E-state index contributed by atoms with van der Waals surface area (Å²) >= 11 is 0. The topological polar surface area (TPSA) is 73.8 Å². The summed E-state index contributed by atoms with van der Waals surface area (Å²) in [4.78, 5) is 6.34. The van der Waals surface area contributed by atoms with Gasteiger partial charge in [-0.15, -0.1) is 24.0 Å². The van der Waals surface area contributed by atoms with Gasteiger partial charge in [0, 0.05) is 39.0 Å². The van der Waals surface area contributed by atoms with E-state index < -0.39 is 15.7 Å². The summed E-state index contributed by atoms with van der Waals surface area (Å²) in [5.74, 6) is 0.0810. The number of hydrogen-bond donors (Lipinski definition) is 2. The fourth-order valence-corrected chi connectivity index (χ4v) is 3.04. The van der Waals surface area contributed by atoms with Crippen LogP contribution < -0.4 is 10.6 Å². The molecule has 0 unspecified atom stereocenters. The van der Waals surface area contributed by atoms with Crippen LogP contribution in [0, 0.1) is 5.82 Å². The molecular weight excluding hydrogens is 470 g/mol. The van der Waals surface area contributed by atoms with Crippen LogP contribution >= 0.6 is 24.0 Å². The van der Waals surface area contributed by atoms with Crippen LogP contribution in [0.5, 0.6) is 0 Å². The van der Waals surface area contributed by atoms with Crippen LogP contribution in [0.15, 0.2) is 23.2 Å². The standard InChI is InChI=1S/C17H29FN4O2S.HI/c1-13(2)22(4)9-8-20-17(19-3)21-11-15-10-16(18)7-6-14(15)12-25(5,23)24;/h6-7,10,13H,8-9,11-12H2,1-5H3,(H2,19,20,21);1H. The second kappa shape index (κ2) is 11.7. The molecule has 0 aliphatic rings. The summed E-state index contributed by atoms with van der Waals surface area (Å²) in [6.07, 6.45) is 1.17. The summed E-state index contributed by atoms with van der Waals surface area (Å²) in [7, 11) is 0.515. The fraction of sp³-hybridized carbons (Fsp3) is 0.588. The van der Waals surface area contributed by atoms with E-state index in [9.17, 15) is 12.8 Å². The van der Waals surface area contributed by atoms with Gasteiger partial charge in [0.05, 0.1) is 5.75 Å². The van der Waals surface area contributed by atoms with E-state index in [-0.39, 0.29) is 29.7 Å². The predicted molar refractivity (Wildman–Crippen MR) is 116 cm³/mol. The lowest BCUT2D eigenvalue weighted by atomic mass is 10.1. The van der Waals surface area contributed by atoms with Gasteiger partial charge in [0.15, 0.2) is 15.8 Å². The zero-order chi connectivity index (χ0) is 19.0. The van der Waals surface area contributed by atoms with Crippen LogP contribution in [0.2, 0.25) is 0 Å². The fourth-order valence-electron chi connectivity index (χ4n) is 2.19. The van der Waals surface area contributed by atoms with Crippen molar-refractivity contribution in [1.29, 1.82) is 0 Å². The molecule has 0 saturated carbocycles. The van der Waals surface area contributed by atoms with Crippen molar-refractivity contribution >= 4 is 39.8 Å². The van der Waals surface area contributed by atoms with Gasteiger partial charge in [-0.2, -0.15) is 0 Å². The molecule has 0 amide bonds. The Morgan fingerprint density at radius 1 is 1.27 bits per heavy atom. The summed E-state index contributed by atoms with van der Waals surface area (Å²) in [5.41, 5.74) is 1.19. The molecule has 0 heterocycles. The van der Waals surface area contributed by atoms with Crippen LogP contribution in [0.25, 0.3) is 0 Å². The summed E-state index contributed by atoms with van der Waals surface area (Å²) < 4.78 is 36.6. The maximum Gasteiger partial charge on any atom is 0.191 e. The Labute approximate surface area is 173 Å². The molecule has 6 nitrogen and oxygen atoms in total. The molecule has 0 atom stereocenters. The van der Waals surface area contributed by atoms with E-state index in [2.05, 4.69) is 34.4 Å². The van der Waals surface area contributed by atoms with Gasteiger partial charge in [-0.1, -0.05) is 6.07 Å². The molecule has 0 aromatic heterocycles. The second-order valence-corrected chi connectivity index (χ2v) is 8.55. The minimum Gasteiger partial charge on any atom is -0.355 e. The smallest absolute Gasteiger partial charge is 0.191 e. The highest BCUT2D eigenvalue weighted by molar-refractivity contribution is 14.0. The number of likely N-dealkylation sites (N-methyl/N-ethyl adjacent to an activating group) is 1. The number of benzene rings is 1. The van der Waals surface area contributed by atoms with E-state index in [0.717, 1.165) is 6.54 Å². The van der Waals surface area contributed by atoms with Gasteiger partial charge in [0.2, 0.25) is 0 Å². The van der Waals surface area contributed by atoms with E-state index in [0.29, 0.717) is 36.2 Å². The summed E-state index contributed by atoms with van der Waals surface area (Å²) in [6, 6.07) is 4.61. The highest BCUT2D eigenvalue weighted by atomic mass is 127. The number of guanidine groups is 1. The maximum absolute atomic E-state index is 13.5. The van der Waals surface area contributed by atoms with Gasteiger partial charge >= 0.3 is 0 Å². The van der Waals surface area contributed by atoms with E-state index in [4.69, 9.17) is 0 Å². The van der Waals surface area contributed by atoms with E-state index in [1.54, 1.807) is 7.05 Å². The lowest BCUT2D eigenvalue weighted by Crippen LogP contribution is -2.41. The Balaban J connectivity index is 0.00000625. The number of rotatable bonds is 8. The van der Waals surface area contributed by atoms with E-state index >= 15 is 0 Å². The molecule has 150 valence electrons. The molecule has 9 heteroatoms. The number of nitrogens with one attached hydrogen (secondary N) is 2. The normalized spacial score (nSPS) is 12.2. The molecular formula is C17H30FIN4O2S. The van der Waals surface area contributed by atoms with Crippen LogP contribution in [0.1, 0.15) is 25.0 Å². The summed E-state index contributed by atoms with van der Waals surface area (Å²) in [5, 5.41) is 6.29. The molecule has 1 rings (SSSR count). The van der Waals surface area contributed by atoms with Crippen molar-refractivity contribution in [2.45, 2.75) is 32.2 Å². The SMILES string of the molecule is CN=C(NCCN(C)C(C)C)NCc1cc(F)ccc1CS(C)(=O)=O.I. The third-order valence-electron chi connectivity index (χ3n) is 3.89. The minimum absolute atomic E-state index is 0. The molecule has 2 N–H and O–H groups in total. The second-order valence-electron chi connectivity index (χ2n) is 6.41. The lowest BCUT2D eigenvalue weighted by Gasteiger charge is -2.21. The molecule has 26 heavy (non-hydrogen) atoms. The van der Waals surface area contributed by atoms with Gasteiger partial charge in [0.1, 0.15) is 5.82 Å². The molecule has 0 aliphatic heterocycles. The average Bonchev–Trinajstić information content (AvgIpc) is 2.51. The van der Waals surface area contributed by atoms with Crippen molar-refractivity contribution in [2.24, 2.45) is 4.99 Å². The molecule has 0 aliphatic carbocycles. The molecule has 0 radical (unpaired) electrons. The summed E-state index contributed by atoms with van der Waals surface area (Å²) in [6.45, 7) is 6.12. The van der Waals surface area contributed by atoms with E-state index in [1.165, 1.54) is 24.5 Å². The van der Waals surface area contributed by atoms with Crippen molar-refractivity contribution in [3.05, 3.63) is 35.1 Å². The Morgan fingerprint density at radius 2 is 1.92 bits per heavy atom. The first-order valence-corrected chi connectivity index (χ1v) is 10.3. The predicted octanol–water partition coefficient (Wildman–Crippen LogP) is 1.99. The van der Waals surface area contributed by atoms with Crippen LogP contribution in [-0.2, 0) is 22.1 Å². The first-order valence-electron chi connectivity index (χ1n) is 8.22.